The molecule has 14 heavy (non-hydrogen) atoms. The van der Waals surface area contributed by atoms with Crippen LogP contribution in [0.5, 0.6) is 0 Å². The van der Waals surface area contributed by atoms with E-state index in [4.69, 9.17) is 12.2 Å². The molecule has 1 rings (SSSR count). The summed E-state index contributed by atoms with van der Waals surface area (Å²) in [6, 6.07) is 0. The number of hydrogen-bond donors (Lipinski definition) is 2. The summed E-state index contributed by atoms with van der Waals surface area (Å²) in [6.45, 7) is 4.98. The van der Waals surface area contributed by atoms with Crippen LogP contribution in [0.15, 0.2) is 0 Å². The van der Waals surface area contributed by atoms with Crippen molar-refractivity contribution in [1.29, 1.82) is 0 Å². The first-order valence-electron chi connectivity index (χ1n) is 4.53. The first-order valence-corrected chi connectivity index (χ1v) is 4.94. The second-order valence-electron chi connectivity index (χ2n) is 2.93. The summed E-state index contributed by atoms with van der Waals surface area (Å²) in [5.74, 6) is 0.842. The molecule has 0 aliphatic heterocycles. The molecule has 0 atom stereocenters. The zero-order valence-corrected chi connectivity index (χ0v) is 9.15. The van der Waals surface area contributed by atoms with Crippen LogP contribution in [-0.2, 0) is 11.3 Å². The van der Waals surface area contributed by atoms with Crippen LogP contribution in [0.2, 0.25) is 0 Å². The Hall–Kier alpha value is -1.17. The van der Waals surface area contributed by atoms with Gasteiger partial charge < -0.3 is 9.88 Å². The molecule has 0 saturated heterocycles. The van der Waals surface area contributed by atoms with Crippen LogP contribution in [0, 0.1) is 11.7 Å². The number of aryl methyl sites for hydroxylation is 1. The largest absolute Gasteiger partial charge is 0.356 e. The number of H-pyrrole nitrogens is 1. The Balaban J connectivity index is 2.53. The number of aromatic nitrogens is 3. The first kappa shape index (κ1) is 10.9. The van der Waals surface area contributed by atoms with Gasteiger partial charge in [0.2, 0.25) is 5.91 Å². The molecule has 0 aliphatic rings. The Morgan fingerprint density at radius 1 is 1.71 bits per heavy atom. The highest BCUT2D eigenvalue weighted by Gasteiger charge is 2.03. The Morgan fingerprint density at radius 2 is 2.43 bits per heavy atom. The second-order valence-corrected chi connectivity index (χ2v) is 3.32. The molecule has 0 fully saturated rings. The number of rotatable bonds is 4. The van der Waals surface area contributed by atoms with Crippen LogP contribution >= 0.6 is 12.2 Å². The third-order valence-corrected chi connectivity index (χ3v) is 2.20. The summed E-state index contributed by atoms with van der Waals surface area (Å²) in [5.41, 5.74) is 0. The van der Waals surface area contributed by atoms with E-state index in [0.29, 0.717) is 24.3 Å². The van der Waals surface area contributed by atoms with Crippen LogP contribution in [0.1, 0.15) is 19.2 Å². The van der Waals surface area contributed by atoms with Crippen LogP contribution in [0.25, 0.3) is 0 Å². The monoisotopic (exact) mass is 214 g/mol. The molecule has 6 heteroatoms. The van der Waals surface area contributed by atoms with Crippen LogP contribution in [0.4, 0.5) is 0 Å². The summed E-state index contributed by atoms with van der Waals surface area (Å²) < 4.78 is 2.37. The van der Waals surface area contributed by atoms with Crippen molar-refractivity contribution < 1.29 is 4.79 Å². The molecule has 0 aromatic carbocycles. The lowest BCUT2D eigenvalue weighted by atomic mass is 10.4. The van der Waals surface area contributed by atoms with Crippen molar-refractivity contribution in [3.05, 3.63) is 10.6 Å². The SMILES string of the molecule is CCNC(=O)CCn1c(C)n[nH]c1=S. The van der Waals surface area contributed by atoms with E-state index in [9.17, 15) is 4.79 Å². The normalized spacial score (nSPS) is 10.1. The van der Waals surface area contributed by atoms with Gasteiger partial charge in [0.15, 0.2) is 4.77 Å². The molecule has 0 aliphatic carbocycles. The number of carbonyl (C=O) groups is 1. The van der Waals surface area contributed by atoms with Gasteiger partial charge in [-0.15, -0.1) is 0 Å². The molecular formula is C8H14N4OS. The fourth-order valence-electron chi connectivity index (χ4n) is 1.16. The van der Waals surface area contributed by atoms with Gasteiger partial charge >= 0.3 is 0 Å². The lowest BCUT2D eigenvalue weighted by molar-refractivity contribution is -0.121. The van der Waals surface area contributed by atoms with E-state index in [0.717, 1.165) is 5.82 Å². The Kier molecular flexibility index (Phi) is 3.82. The number of nitrogens with one attached hydrogen (secondary N) is 2. The zero-order valence-electron chi connectivity index (χ0n) is 8.33. The van der Waals surface area contributed by atoms with E-state index in [1.54, 1.807) is 0 Å². The van der Waals surface area contributed by atoms with E-state index in [1.807, 2.05) is 18.4 Å². The highest BCUT2D eigenvalue weighted by atomic mass is 32.1. The van der Waals surface area contributed by atoms with Crippen molar-refractivity contribution in [2.24, 2.45) is 0 Å². The molecule has 2 N–H and O–H groups in total. The zero-order chi connectivity index (χ0) is 10.6. The summed E-state index contributed by atoms with van der Waals surface area (Å²) in [5, 5.41) is 9.36. The van der Waals surface area contributed by atoms with Gasteiger partial charge in [-0.05, 0) is 26.1 Å². The summed E-state index contributed by atoms with van der Waals surface area (Å²) in [4.78, 5) is 11.2. The van der Waals surface area contributed by atoms with E-state index >= 15 is 0 Å². The average Bonchev–Trinajstić information content (AvgIpc) is 2.44. The van der Waals surface area contributed by atoms with E-state index in [-0.39, 0.29) is 5.91 Å². The van der Waals surface area contributed by atoms with Crippen molar-refractivity contribution in [3.8, 4) is 0 Å². The van der Waals surface area contributed by atoms with Crippen molar-refractivity contribution in [2.75, 3.05) is 6.54 Å². The molecule has 0 unspecified atom stereocenters. The third kappa shape index (κ3) is 2.66. The summed E-state index contributed by atoms with van der Waals surface area (Å²) in [7, 11) is 0. The minimum absolute atomic E-state index is 0.0370. The van der Waals surface area contributed by atoms with Gasteiger partial charge in [-0.1, -0.05) is 0 Å². The van der Waals surface area contributed by atoms with Gasteiger partial charge in [0.25, 0.3) is 0 Å². The Bertz CT molecular complexity index is 368. The molecule has 0 radical (unpaired) electrons. The van der Waals surface area contributed by atoms with Gasteiger partial charge in [0.05, 0.1) is 0 Å². The van der Waals surface area contributed by atoms with Gasteiger partial charge in [0, 0.05) is 19.5 Å². The van der Waals surface area contributed by atoms with Gasteiger partial charge in [0.1, 0.15) is 5.82 Å². The van der Waals surface area contributed by atoms with E-state index in [2.05, 4.69) is 15.5 Å². The second kappa shape index (κ2) is 4.90. The van der Waals surface area contributed by atoms with E-state index < -0.39 is 0 Å². The van der Waals surface area contributed by atoms with Gasteiger partial charge in [-0.25, -0.2) is 0 Å². The van der Waals surface area contributed by atoms with Gasteiger partial charge in [-0.3, -0.25) is 9.89 Å². The molecule has 0 spiro atoms. The molecule has 1 amide bonds. The maximum absolute atomic E-state index is 11.2. The number of nitrogens with zero attached hydrogens (tertiary/aromatic N) is 2. The highest BCUT2D eigenvalue weighted by molar-refractivity contribution is 7.71. The van der Waals surface area contributed by atoms with Crippen molar-refractivity contribution >= 4 is 18.1 Å². The smallest absolute Gasteiger partial charge is 0.221 e. The van der Waals surface area contributed by atoms with Crippen LogP contribution in [0.3, 0.4) is 0 Å². The van der Waals surface area contributed by atoms with Gasteiger partial charge in [-0.2, -0.15) is 5.10 Å². The number of hydrogen-bond acceptors (Lipinski definition) is 3. The predicted octanol–water partition coefficient (Wildman–Crippen LogP) is 0.775. The van der Waals surface area contributed by atoms with Crippen molar-refractivity contribution in [1.82, 2.24) is 20.1 Å². The standard InChI is InChI=1S/C8H14N4OS/c1-3-9-7(13)4-5-12-6(2)10-11-8(12)14/h3-5H2,1-2H3,(H,9,13)(H,11,14). The quantitative estimate of drug-likeness (QED) is 0.728. The summed E-state index contributed by atoms with van der Waals surface area (Å²) >= 11 is 5.00. The number of aromatic amines is 1. The number of amides is 1. The molecule has 1 aromatic heterocycles. The lowest BCUT2D eigenvalue weighted by Crippen LogP contribution is -2.24. The molecule has 1 heterocycles. The maximum Gasteiger partial charge on any atom is 0.221 e. The molecular weight excluding hydrogens is 200 g/mol. The van der Waals surface area contributed by atoms with Crippen LogP contribution in [-0.4, -0.2) is 27.2 Å². The predicted molar refractivity (Wildman–Crippen MR) is 55.4 cm³/mol. The third-order valence-electron chi connectivity index (χ3n) is 1.89. The average molecular weight is 214 g/mol. The molecule has 0 bridgehead atoms. The van der Waals surface area contributed by atoms with Crippen molar-refractivity contribution in [3.63, 3.8) is 0 Å². The Morgan fingerprint density at radius 3 is 2.93 bits per heavy atom. The molecule has 1 aromatic rings. The first-order chi connectivity index (χ1) is 6.65. The minimum atomic E-state index is 0.0370. The Labute approximate surface area is 87.5 Å². The highest BCUT2D eigenvalue weighted by Crippen LogP contribution is 1.97. The van der Waals surface area contributed by atoms with Crippen molar-refractivity contribution in [2.45, 2.75) is 26.8 Å². The maximum atomic E-state index is 11.2. The lowest BCUT2D eigenvalue weighted by Gasteiger charge is -2.03. The van der Waals surface area contributed by atoms with Crippen LogP contribution < -0.4 is 5.32 Å². The molecule has 0 saturated carbocycles. The summed E-state index contributed by atoms with van der Waals surface area (Å²) in [6.07, 6.45) is 0.433. The topological polar surface area (TPSA) is 62.7 Å². The minimum Gasteiger partial charge on any atom is -0.356 e. The molecule has 78 valence electrons. The molecule has 5 nitrogen and oxygen atoms in total. The number of carbonyl (C=O) groups excluding carboxylic acids is 1. The fourth-order valence-corrected chi connectivity index (χ4v) is 1.43. The van der Waals surface area contributed by atoms with E-state index in [1.165, 1.54) is 0 Å². The fraction of sp³-hybridized carbons (Fsp3) is 0.625.